The van der Waals surface area contributed by atoms with Gasteiger partial charge in [-0.1, -0.05) is 34.9 Å². The van der Waals surface area contributed by atoms with Crippen molar-refractivity contribution in [2.24, 2.45) is 0 Å². The van der Waals surface area contributed by atoms with E-state index < -0.39 is 15.7 Å². The first kappa shape index (κ1) is 20.5. The molecule has 3 rings (SSSR count). The molecule has 1 N–H and O–H groups in total. The van der Waals surface area contributed by atoms with Gasteiger partial charge in [0.1, 0.15) is 5.75 Å². The molecular formula is C20H21N3O5S. The molecule has 9 heteroatoms. The van der Waals surface area contributed by atoms with E-state index in [9.17, 15) is 13.2 Å². The number of hydrogen-bond acceptors (Lipinski definition) is 7. The normalized spacial score (nSPS) is 11.2. The van der Waals surface area contributed by atoms with Crippen LogP contribution in [0.1, 0.15) is 23.4 Å². The van der Waals surface area contributed by atoms with E-state index >= 15 is 0 Å². The predicted molar refractivity (Wildman–Crippen MR) is 107 cm³/mol. The number of sulfone groups is 1. The van der Waals surface area contributed by atoms with Crippen LogP contribution in [0.25, 0.3) is 0 Å². The molecule has 0 saturated carbocycles. The van der Waals surface area contributed by atoms with Crippen molar-refractivity contribution in [3.63, 3.8) is 0 Å². The molecule has 0 spiro atoms. The number of hydrogen-bond donors (Lipinski definition) is 1. The number of amides is 1. The number of carbonyl (C=O) groups excluding carboxylic acids is 1. The number of anilines is 1. The second kappa shape index (κ2) is 8.87. The van der Waals surface area contributed by atoms with Gasteiger partial charge in [-0.15, -0.1) is 5.10 Å². The van der Waals surface area contributed by atoms with Gasteiger partial charge in [0.05, 0.1) is 24.2 Å². The highest BCUT2D eigenvalue weighted by atomic mass is 32.2. The van der Waals surface area contributed by atoms with Gasteiger partial charge in [-0.3, -0.25) is 10.1 Å². The Balaban J connectivity index is 1.54. The largest absolute Gasteiger partial charge is 0.497 e. The summed E-state index contributed by atoms with van der Waals surface area (Å²) in [5.41, 5.74) is 2.15. The van der Waals surface area contributed by atoms with Gasteiger partial charge in [-0.25, -0.2) is 8.42 Å². The highest BCUT2D eigenvalue weighted by molar-refractivity contribution is 7.91. The number of methoxy groups -OCH3 is 1. The fourth-order valence-corrected chi connectivity index (χ4v) is 3.81. The summed E-state index contributed by atoms with van der Waals surface area (Å²) >= 11 is 0. The highest BCUT2D eigenvalue weighted by Gasteiger charge is 2.18. The maximum Gasteiger partial charge on any atom is 0.322 e. The molecule has 0 aliphatic heterocycles. The molecule has 0 aliphatic carbocycles. The Morgan fingerprint density at radius 1 is 1.07 bits per heavy atom. The van der Waals surface area contributed by atoms with E-state index in [1.807, 2.05) is 31.2 Å². The number of aromatic nitrogens is 2. The van der Waals surface area contributed by atoms with Gasteiger partial charge >= 0.3 is 6.01 Å². The Morgan fingerprint density at radius 3 is 2.41 bits per heavy atom. The monoisotopic (exact) mass is 415 g/mol. The summed E-state index contributed by atoms with van der Waals surface area (Å²) in [7, 11) is -2.10. The second-order valence-electron chi connectivity index (χ2n) is 6.46. The van der Waals surface area contributed by atoms with E-state index in [4.69, 9.17) is 9.15 Å². The molecule has 0 unspecified atom stereocenters. The van der Waals surface area contributed by atoms with E-state index in [-0.39, 0.29) is 23.1 Å². The topological polar surface area (TPSA) is 111 Å². The van der Waals surface area contributed by atoms with Gasteiger partial charge in [0.25, 0.3) is 0 Å². The molecule has 1 amide bonds. The van der Waals surface area contributed by atoms with Crippen LogP contribution in [0.15, 0.2) is 57.8 Å². The van der Waals surface area contributed by atoms with Crippen LogP contribution in [0.2, 0.25) is 0 Å². The molecular weight excluding hydrogens is 394 g/mol. The van der Waals surface area contributed by atoms with E-state index in [1.165, 1.54) is 19.2 Å². The predicted octanol–water partition coefficient (Wildman–Crippen LogP) is 2.78. The summed E-state index contributed by atoms with van der Waals surface area (Å²) in [4.78, 5) is 12.2. The first-order chi connectivity index (χ1) is 13.9. The maximum absolute atomic E-state index is 12.3. The molecule has 8 nitrogen and oxygen atoms in total. The Hall–Kier alpha value is -3.20. The van der Waals surface area contributed by atoms with Crippen molar-refractivity contribution in [2.75, 3.05) is 18.2 Å². The summed E-state index contributed by atoms with van der Waals surface area (Å²) < 4.78 is 35.1. The Kier molecular flexibility index (Phi) is 6.28. The Morgan fingerprint density at radius 2 is 1.76 bits per heavy atom. The third kappa shape index (κ3) is 5.64. The summed E-state index contributed by atoms with van der Waals surface area (Å²) in [5, 5.41) is 10.1. The molecule has 3 aromatic rings. The van der Waals surface area contributed by atoms with Gasteiger partial charge in [0, 0.05) is 6.42 Å². The van der Waals surface area contributed by atoms with Crippen LogP contribution in [-0.2, 0) is 21.1 Å². The molecule has 152 valence electrons. The van der Waals surface area contributed by atoms with Gasteiger partial charge in [0.15, 0.2) is 9.84 Å². The van der Waals surface area contributed by atoms with Crippen LogP contribution in [0.5, 0.6) is 5.75 Å². The number of ether oxygens (including phenoxy) is 1. The molecule has 0 bridgehead atoms. The van der Waals surface area contributed by atoms with E-state index in [2.05, 4.69) is 15.5 Å². The van der Waals surface area contributed by atoms with Crippen molar-refractivity contribution >= 4 is 21.8 Å². The first-order valence-electron chi connectivity index (χ1n) is 8.90. The van der Waals surface area contributed by atoms with Crippen molar-refractivity contribution < 1.29 is 22.4 Å². The molecule has 0 radical (unpaired) electrons. The lowest BCUT2D eigenvalue weighted by Crippen LogP contribution is -2.17. The second-order valence-corrected chi connectivity index (χ2v) is 8.57. The van der Waals surface area contributed by atoms with Crippen molar-refractivity contribution in [3.8, 4) is 5.75 Å². The average molecular weight is 415 g/mol. The molecule has 29 heavy (non-hydrogen) atoms. The van der Waals surface area contributed by atoms with Gasteiger partial charge < -0.3 is 9.15 Å². The van der Waals surface area contributed by atoms with Crippen LogP contribution >= 0.6 is 0 Å². The highest BCUT2D eigenvalue weighted by Crippen LogP contribution is 2.18. The SMILES string of the molecule is COc1ccc(S(=O)(=O)CCC(=O)Nc2nnc(Cc3ccc(C)cc3)o2)cc1. The van der Waals surface area contributed by atoms with Crippen molar-refractivity contribution in [1.82, 2.24) is 10.2 Å². The molecule has 0 aliphatic rings. The van der Waals surface area contributed by atoms with Crippen LogP contribution in [0.4, 0.5) is 6.01 Å². The van der Waals surface area contributed by atoms with Crippen LogP contribution in [-0.4, -0.2) is 37.4 Å². The zero-order valence-electron chi connectivity index (χ0n) is 16.1. The standard InChI is InChI=1S/C20H21N3O5S/c1-14-3-5-15(6-4-14)13-19-22-23-20(28-19)21-18(24)11-12-29(25,26)17-9-7-16(27-2)8-10-17/h3-10H,11-13H2,1-2H3,(H,21,23,24). The van der Waals surface area contributed by atoms with Crippen LogP contribution in [0.3, 0.4) is 0 Å². The molecule has 0 fully saturated rings. The zero-order chi connectivity index (χ0) is 20.9. The third-order valence-corrected chi connectivity index (χ3v) is 5.94. The summed E-state index contributed by atoms with van der Waals surface area (Å²) in [5.74, 6) is 0.0531. The van der Waals surface area contributed by atoms with Crippen molar-refractivity contribution in [2.45, 2.75) is 24.7 Å². The summed E-state index contributed by atoms with van der Waals surface area (Å²) in [6.45, 7) is 2.00. The number of carbonyl (C=O) groups is 1. The lowest BCUT2D eigenvalue weighted by Gasteiger charge is -2.05. The fourth-order valence-electron chi connectivity index (χ4n) is 2.57. The molecule has 0 saturated heterocycles. The number of nitrogens with zero attached hydrogens (tertiary/aromatic N) is 2. The fraction of sp³-hybridized carbons (Fsp3) is 0.250. The Labute approximate surface area is 168 Å². The smallest absolute Gasteiger partial charge is 0.322 e. The lowest BCUT2D eigenvalue weighted by atomic mass is 10.1. The minimum atomic E-state index is -3.59. The number of benzene rings is 2. The van der Waals surface area contributed by atoms with E-state index in [0.29, 0.717) is 18.1 Å². The van der Waals surface area contributed by atoms with Crippen molar-refractivity contribution in [1.29, 1.82) is 0 Å². The van der Waals surface area contributed by atoms with Gasteiger partial charge in [-0.2, -0.15) is 0 Å². The minimum absolute atomic E-state index is 0.0565. The first-order valence-corrected chi connectivity index (χ1v) is 10.6. The Bertz CT molecular complexity index is 1070. The average Bonchev–Trinajstić information content (AvgIpc) is 3.15. The van der Waals surface area contributed by atoms with Crippen LogP contribution in [0, 0.1) is 6.92 Å². The van der Waals surface area contributed by atoms with E-state index in [0.717, 1.165) is 11.1 Å². The molecule has 1 aromatic heterocycles. The quantitative estimate of drug-likeness (QED) is 0.602. The van der Waals surface area contributed by atoms with Crippen LogP contribution < -0.4 is 10.1 Å². The van der Waals surface area contributed by atoms with Gasteiger partial charge in [0.2, 0.25) is 11.8 Å². The lowest BCUT2D eigenvalue weighted by molar-refractivity contribution is -0.116. The van der Waals surface area contributed by atoms with Gasteiger partial charge in [-0.05, 0) is 36.8 Å². The maximum atomic E-state index is 12.3. The summed E-state index contributed by atoms with van der Waals surface area (Å²) in [6, 6.07) is 13.8. The molecule has 0 atom stereocenters. The number of rotatable bonds is 8. The summed E-state index contributed by atoms with van der Waals surface area (Å²) in [6.07, 6.45) is 0.207. The minimum Gasteiger partial charge on any atom is -0.497 e. The number of nitrogens with one attached hydrogen (secondary N) is 1. The molecule has 2 aromatic carbocycles. The number of aryl methyl sites for hydroxylation is 1. The van der Waals surface area contributed by atoms with Crippen molar-refractivity contribution in [3.05, 3.63) is 65.5 Å². The van der Waals surface area contributed by atoms with E-state index in [1.54, 1.807) is 12.1 Å². The third-order valence-electron chi connectivity index (χ3n) is 4.21. The zero-order valence-corrected chi connectivity index (χ0v) is 16.9. The molecule has 1 heterocycles.